The minimum Gasteiger partial charge on any atom is -0.478 e. The third-order valence-corrected chi connectivity index (χ3v) is 4.19. The number of fused-ring (bicyclic) bond motifs is 2. The summed E-state index contributed by atoms with van der Waals surface area (Å²) in [5.74, 6) is -0.929. The zero-order chi connectivity index (χ0) is 16.0. The topological polar surface area (TPSA) is 66.0 Å². The van der Waals surface area contributed by atoms with Crippen LogP contribution in [0.2, 0.25) is 0 Å². The van der Waals surface area contributed by atoms with Crippen molar-refractivity contribution >= 4 is 27.8 Å². The summed E-state index contributed by atoms with van der Waals surface area (Å²) in [6.45, 7) is 1.82. The number of aromatic amines is 1. The summed E-state index contributed by atoms with van der Waals surface area (Å²) >= 11 is 0. The minimum absolute atomic E-state index is 0.316. The summed E-state index contributed by atoms with van der Waals surface area (Å²) in [5.41, 5.74) is 4.33. The highest BCUT2D eigenvalue weighted by Crippen LogP contribution is 2.33. The van der Waals surface area contributed by atoms with E-state index in [2.05, 4.69) is 4.98 Å². The Balaban J connectivity index is 2.12. The van der Waals surface area contributed by atoms with Crippen molar-refractivity contribution in [3.8, 4) is 11.3 Å². The third kappa shape index (κ3) is 1.99. The molecule has 0 saturated carbocycles. The number of para-hydroxylation sites is 2. The summed E-state index contributed by atoms with van der Waals surface area (Å²) in [6.07, 6.45) is 1.89. The molecule has 4 heteroatoms. The lowest BCUT2D eigenvalue weighted by molar-refractivity contribution is 0.0698. The van der Waals surface area contributed by atoms with Crippen LogP contribution in [0.25, 0.3) is 33.1 Å². The number of nitrogens with zero attached hydrogens (tertiary/aromatic N) is 1. The molecule has 0 unspecified atom stereocenters. The molecule has 23 heavy (non-hydrogen) atoms. The number of hydrogen-bond acceptors (Lipinski definition) is 2. The minimum atomic E-state index is -0.929. The second-order valence-electron chi connectivity index (χ2n) is 5.53. The van der Waals surface area contributed by atoms with Gasteiger partial charge < -0.3 is 10.1 Å². The van der Waals surface area contributed by atoms with Crippen LogP contribution in [0.3, 0.4) is 0 Å². The first-order chi connectivity index (χ1) is 11.2. The van der Waals surface area contributed by atoms with Crippen molar-refractivity contribution in [1.29, 1.82) is 0 Å². The van der Waals surface area contributed by atoms with Gasteiger partial charge in [-0.1, -0.05) is 36.4 Å². The Hall–Kier alpha value is -3.14. The van der Waals surface area contributed by atoms with Gasteiger partial charge in [0.2, 0.25) is 0 Å². The van der Waals surface area contributed by atoms with E-state index in [0.717, 1.165) is 16.5 Å². The van der Waals surface area contributed by atoms with E-state index in [1.807, 2.05) is 55.6 Å². The van der Waals surface area contributed by atoms with Crippen LogP contribution in [0.1, 0.15) is 15.9 Å². The molecule has 0 bridgehead atoms. The highest BCUT2D eigenvalue weighted by molar-refractivity contribution is 6.07. The molecule has 2 aromatic heterocycles. The van der Waals surface area contributed by atoms with Crippen LogP contribution in [0, 0.1) is 6.92 Å². The van der Waals surface area contributed by atoms with E-state index in [1.54, 1.807) is 6.07 Å². The Kier molecular flexibility index (Phi) is 2.91. The van der Waals surface area contributed by atoms with Crippen LogP contribution in [0.5, 0.6) is 0 Å². The Morgan fingerprint density at radius 2 is 1.74 bits per heavy atom. The maximum Gasteiger partial charge on any atom is 0.336 e. The number of aromatic carboxylic acids is 1. The van der Waals surface area contributed by atoms with Gasteiger partial charge in [0.15, 0.2) is 0 Å². The molecule has 4 nitrogen and oxygen atoms in total. The number of rotatable bonds is 2. The van der Waals surface area contributed by atoms with Gasteiger partial charge in [-0.2, -0.15) is 0 Å². The van der Waals surface area contributed by atoms with Crippen LogP contribution in [0.15, 0.2) is 54.7 Å². The van der Waals surface area contributed by atoms with Gasteiger partial charge in [0.25, 0.3) is 0 Å². The van der Waals surface area contributed by atoms with E-state index in [4.69, 9.17) is 4.98 Å². The normalized spacial score (nSPS) is 11.2. The number of hydrogen-bond donors (Lipinski definition) is 2. The van der Waals surface area contributed by atoms with Gasteiger partial charge in [0.05, 0.1) is 16.8 Å². The zero-order valence-corrected chi connectivity index (χ0v) is 12.5. The number of aromatic nitrogens is 2. The van der Waals surface area contributed by atoms with E-state index in [0.29, 0.717) is 27.7 Å². The smallest absolute Gasteiger partial charge is 0.336 e. The molecule has 0 saturated heterocycles. The first kappa shape index (κ1) is 13.5. The molecule has 4 aromatic rings. The number of pyridine rings is 1. The van der Waals surface area contributed by atoms with E-state index in [1.165, 1.54) is 0 Å². The fourth-order valence-electron chi connectivity index (χ4n) is 3.11. The number of nitrogens with one attached hydrogen (secondary N) is 1. The third-order valence-electron chi connectivity index (χ3n) is 4.19. The molecular weight excluding hydrogens is 288 g/mol. The summed E-state index contributed by atoms with van der Waals surface area (Å²) in [5, 5.41) is 11.4. The molecule has 0 amide bonds. The monoisotopic (exact) mass is 302 g/mol. The van der Waals surface area contributed by atoms with Crippen molar-refractivity contribution in [2.24, 2.45) is 0 Å². The molecule has 112 valence electrons. The van der Waals surface area contributed by atoms with E-state index in [9.17, 15) is 9.90 Å². The van der Waals surface area contributed by atoms with Crippen molar-refractivity contribution in [1.82, 2.24) is 9.97 Å². The van der Waals surface area contributed by atoms with Crippen molar-refractivity contribution in [3.05, 3.63) is 65.9 Å². The largest absolute Gasteiger partial charge is 0.478 e. The summed E-state index contributed by atoms with van der Waals surface area (Å²) in [7, 11) is 0. The predicted molar refractivity (Wildman–Crippen MR) is 90.7 cm³/mol. The summed E-state index contributed by atoms with van der Waals surface area (Å²) in [6, 6.07) is 15.3. The van der Waals surface area contributed by atoms with Crippen molar-refractivity contribution < 1.29 is 9.90 Å². The van der Waals surface area contributed by atoms with Crippen LogP contribution in [-0.2, 0) is 0 Å². The van der Waals surface area contributed by atoms with Gasteiger partial charge in [0, 0.05) is 28.0 Å². The second kappa shape index (κ2) is 4.95. The number of benzene rings is 2. The summed E-state index contributed by atoms with van der Waals surface area (Å²) in [4.78, 5) is 19.7. The molecule has 0 atom stereocenters. The molecule has 0 aliphatic heterocycles. The van der Waals surface area contributed by atoms with E-state index < -0.39 is 5.97 Å². The van der Waals surface area contributed by atoms with Gasteiger partial charge in [-0.05, 0) is 24.6 Å². The maximum atomic E-state index is 11.8. The maximum absolute atomic E-state index is 11.8. The Bertz CT molecular complexity index is 1060. The molecule has 0 spiro atoms. The molecular formula is C19H14N2O2. The molecule has 2 N–H and O–H groups in total. The van der Waals surface area contributed by atoms with Gasteiger partial charge in [-0.3, -0.25) is 0 Å². The quantitative estimate of drug-likeness (QED) is 0.577. The van der Waals surface area contributed by atoms with Crippen molar-refractivity contribution in [2.75, 3.05) is 0 Å². The zero-order valence-electron chi connectivity index (χ0n) is 12.5. The van der Waals surface area contributed by atoms with E-state index in [-0.39, 0.29) is 0 Å². The lowest BCUT2D eigenvalue weighted by Gasteiger charge is -2.11. The fourth-order valence-corrected chi connectivity index (χ4v) is 3.11. The van der Waals surface area contributed by atoms with Crippen LogP contribution in [-0.4, -0.2) is 21.0 Å². The lowest BCUT2D eigenvalue weighted by atomic mass is 9.97. The number of H-pyrrole nitrogens is 1. The molecule has 0 aliphatic rings. The number of carboxylic acids is 1. The first-order valence-electron chi connectivity index (χ1n) is 7.36. The van der Waals surface area contributed by atoms with E-state index >= 15 is 0 Å². The lowest BCUT2D eigenvalue weighted by Crippen LogP contribution is -2.04. The average molecular weight is 302 g/mol. The van der Waals surface area contributed by atoms with Crippen LogP contribution in [0.4, 0.5) is 0 Å². The Morgan fingerprint density at radius 3 is 2.52 bits per heavy atom. The number of carbonyl (C=O) groups is 1. The van der Waals surface area contributed by atoms with Gasteiger partial charge >= 0.3 is 5.97 Å². The fraction of sp³-hybridized carbons (Fsp3) is 0.0526. The molecule has 0 radical (unpaired) electrons. The molecule has 2 heterocycles. The Morgan fingerprint density at radius 1 is 1.04 bits per heavy atom. The highest BCUT2D eigenvalue weighted by Gasteiger charge is 2.19. The standard InChI is InChI=1S/C19H14N2O2/c1-11-17(19(22)23)13-7-3-5-9-16(13)21-18(11)14-10-20-15-8-4-2-6-12(14)15/h2-10,20H,1H3,(H,22,23). The predicted octanol–water partition coefficient (Wildman–Crippen LogP) is 4.39. The molecule has 4 rings (SSSR count). The van der Waals surface area contributed by atoms with Gasteiger partial charge in [0.1, 0.15) is 0 Å². The SMILES string of the molecule is Cc1c(-c2c[nH]c3ccccc23)nc2ccccc2c1C(=O)O. The first-order valence-corrected chi connectivity index (χ1v) is 7.36. The Labute approximate surface area is 132 Å². The number of carboxylic acid groups (broad SMARTS) is 1. The molecule has 0 fully saturated rings. The summed E-state index contributed by atoms with van der Waals surface area (Å²) < 4.78 is 0. The van der Waals surface area contributed by atoms with Gasteiger partial charge in [-0.25, -0.2) is 9.78 Å². The molecule has 2 aromatic carbocycles. The highest BCUT2D eigenvalue weighted by atomic mass is 16.4. The van der Waals surface area contributed by atoms with Crippen LogP contribution >= 0.6 is 0 Å². The molecule has 0 aliphatic carbocycles. The van der Waals surface area contributed by atoms with Crippen molar-refractivity contribution in [3.63, 3.8) is 0 Å². The second-order valence-corrected chi connectivity index (χ2v) is 5.53. The average Bonchev–Trinajstić information content (AvgIpc) is 2.97. The van der Waals surface area contributed by atoms with Crippen molar-refractivity contribution in [2.45, 2.75) is 6.92 Å². The van der Waals surface area contributed by atoms with Crippen LogP contribution < -0.4 is 0 Å². The van der Waals surface area contributed by atoms with Gasteiger partial charge in [-0.15, -0.1) is 0 Å².